The number of nitrogens with zero attached hydrogens (tertiary/aromatic N) is 2. The molecular weight excluding hydrogens is 198 g/mol. The molecule has 88 valence electrons. The summed E-state index contributed by atoms with van der Waals surface area (Å²) in [5, 5.41) is 0. The van der Waals surface area contributed by atoms with E-state index in [0.29, 0.717) is 5.92 Å². The normalized spacial score (nSPS) is 19.2. The zero-order valence-electron chi connectivity index (χ0n) is 10.4. The van der Waals surface area contributed by atoms with Crippen molar-refractivity contribution in [3.63, 3.8) is 0 Å². The third kappa shape index (κ3) is 2.14. The number of hydrogen-bond acceptors (Lipinski definition) is 3. The Morgan fingerprint density at radius 2 is 2.19 bits per heavy atom. The first-order valence-electron chi connectivity index (χ1n) is 5.87. The molecule has 0 fully saturated rings. The Hall–Kier alpha value is -1.22. The van der Waals surface area contributed by atoms with Crippen LogP contribution in [0, 0.1) is 0 Å². The second kappa shape index (κ2) is 4.34. The van der Waals surface area contributed by atoms with Crippen molar-refractivity contribution in [1.29, 1.82) is 0 Å². The molecule has 0 aliphatic carbocycles. The van der Waals surface area contributed by atoms with Crippen LogP contribution in [0.25, 0.3) is 0 Å². The van der Waals surface area contributed by atoms with Gasteiger partial charge in [0.05, 0.1) is 0 Å². The molecule has 0 saturated carbocycles. The minimum Gasteiger partial charge on any atom is -0.399 e. The first kappa shape index (κ1) is 11.3. The van der Waals surface area contributed by atoms with Gasteiger partial charge in [0.2, 0.25) is 0 Å². The molecule has 1 unspecified atom stereocenters. The summed E-state index contributed by atoms with van der Waals surface area (Å²) in [6, 6.07) is 6.28. The molecule has 3 heteroatoms. The highest BCUT2D eigenvalue weighted by molar-refractivity contribution is 5.65. The zero-order valence-corrected chi connectivity index (χ0v) is 10.4. The van der Waals surface area contributed by atoms with E-state index in [2.05, 4.69) is 43.0 Å². The predicted octanol–water partition coefficient (Wildman–Crippen LogP) is 1.75. The molecule has 0 bridgehead atoms. The Morgan fingerprint density at radius 3 is 2.88 bits per heavy atom. The number of benzene rings is 1. The van der Waals surface area contributed by atoms with E-state index >= 15 is 0 Å². The number of rotatable bonds is 3. The standard InChI is InChI=1S/C13H21N3/c1-10-9-16(7-6-15(2)3)13-8-11(14)4-5-12(10)13/h4-5,8,10H,6-7,9,14H2,1-3H3. The Balaban J connectivity index is 2.17. The average Bonchev–Trinajstić information content (AvgIpc) is 2.52. The summed E-state index contributed by atoms with van der Waals surface area (Å²) >= 11 is 0. The van der Waals surface area contributed by atoms with Gasteiger partial charge in [-0.3, -0.25) is 0 Å². The van der Waals surface area contributed by atoms with E-state index in [-0.39, 0.29) is 0 Å². The maximum atomic E-state index is 5.86. The van der Waals surface area contributed by atoms with Crippen LogP contribution in [0.1, 0.15) is 18.4 Å². The third-order valence-electron chi connectivity index (χ3n) is 3.24. The maximum absolute atomic E-state index is 5.86. The molecule has 1 atom stereocenters. The van der Waals surface area contributed by atoms with Crippen LogP contribution in [0.3, 0.4) is 0 Å². The summed E-state index contributed by atoms with van der Waals surface area (Å²) in [5.74, 6) is 0.623. The van der Waals surface area contributed by atoms with E-state index in [4.69, 9.17) is 5.73 Å². The fraction of sp³-hybridized carbons (Fsp3) is 0.538. The molecule has 2 rings (SSSR count). The van der Waals surface area contributed by atoms with E-state index in [9.17, 15) is 0 Å². The summed E-state index contributed by atoms with van der Waals surface area (Å²) in [5.41, 5.74) is 9.49. The van der Waals surface area contributed by atoms with Crippen LogP contribution in [0.5, 0.6) is 0 Å². The van der Waals surface area contributed by atoms with Crippen LogP contribution < -0.4 is 10.6 Å². The van der Waals surface area contributed by atoms with Crippen molar-refractivity contribution in [2.45, 2.75) is 12.8 Å². The summed E-state index contributed by atoms with van der Waals surface area (Å²) in [6.07, 6.45) is 0. The lowest BCUT2D eigenvalue weighted by molar-refractivity contribution is 0.413. The van der Waals surface area contributed by atoms with E-state index in [1.54, 1.807) is 0 Å². The molecule has 0 saturated heterocycles. The largest absolute Gasteiger partial charge is 0.399 e. The van der Waals surface area contributed by atoms with Crippen molar-refractivity contribution in [3.05, 3.63) is 23.8 Å². The molecule has 0 radical (unpaired) electrons. The number of likely N-dealkylation sites (N-methyl/N-ethyl adjacent to an activating group) is 1. The Bertz CT molecular complexity index is 373. The van der Waals surface area contributed by atoms with Gasteiger partial charge in [-0.2, -0.15) is 0 Å². The van der Waals surface area contributed by atoms with Gasteiger partial charge in [0.15, 0.2) is 0 Å². The van der Waals surface area contributed by atoms with Crippen LogP contribution in [-0.4, -0.2) is 38.6 Å². The third-order valence-corrected chi connectivity index (χ3v) is 3.24. The van der Waals surface area contributed by atoms with Crippen molar-refractivity contribution in [3.8, 4) is 0 Å². The first-order valence-corrected chi connectivity index (χ1v) is 5.87. The topological polar surface area (TPSA) is 32.5 Å². The molecule has 2 N–H and O–H groups in total. The van der Waals surface area contributed by atoms with E-state index in [1.165, 1.54) is 11.3 Å². The van der Waals surface area contributed by atoms with Crippen LogP contribution >= 0.6 is 0 Å². The van der Waals surface area contributed by atoms with Gasteiger partial charge in [-0.05, 0) is 31.8 Å². The maximum Gasteiger partial charge on any atom is 0.0423 e. The van der Waals surface area contributed by atoms with Gasteiger partial charge in [-0.1, -0.05) is 13.0 Å². The number of fused-ring (bicyclic) bond motifs is 1. The van der Waals surface area contributed by atoms with Crippen LogP contribution in [-0.2, 0) is 0 Å². The van der Waals surface area contributed by atoms with Crippen molar-refractivity contribution in [2.75, 3.05) is 44.4 Å². The van der Waals surface area contributed by atoms with Gasteiger partial charge >= 0.3 is 0 Å². The predicted molar refractivity (Wildman–Crippen MR) is 70.0 cm³/mol. The lowest BCUT2D eigenvalue weighted by Crippen LogP contribution is -2.30. The minimum absolute atomic E-state index is 0.623. The molecule has 1 aromatic carbocycles. The lowest BCUT2D eigenvalue weighted by Gasteiger charge is -2.22. The Morgan fingerprint density at radius 1 is 1.44 bits per heavy atom. The van der Waals surface area contributed by atoms with E-state index in [0.717, 1.165) is 25.3 Å². The highest BCUT2D eigenvalue weighted by Crippen LogP contribution is 2.36. The summed E-state index contributed by atoms with van der Waals surface area (Å²) in [7, 11) is 4.22. The highest BCUT2D eigenvalue weighted by Gasteiger charge is 2.24. The minimum atomic E-state index is 0.623. The van der Waals surface area contributed by atoms with Crippen molar-refractivity contribution in [1.82, 2.24) is 4.90 Å². The van der Waals surface area contributed by atoms with Gasteiger partial charge in [0.1, 0.15) is 0 Å². The molecule has 1 aliphatic rings. The van der Waals surface area contributed by atoms with Crippen LogP contribution in [0.4, 0.5) is 11.4 Å². The first-order chi connectivity index (χ1) is 7.58. The van der Waals surface area contributed by atoms with Gasteiger partial charge in [-0.25, -0.2) is 0 Å². The lowest BCUT2D eigenvalue weighted by atomic mass is 10.0. The summed E-state index contributed by atoms with van der Waals surface area (Å²) in [4.78, 5) is 4.66. The fourth-order valence-corrected chi connectivity index (χ4v) is 2.31. The van der Waals surface area contributed by atoms with E-state index in [1.807, 2.05) is 6.07 Å². The molecule has 1 heterocycles. The quantitative estimate of drug-likeness (QED) is 0.786. The molecule has 0 spiro atoms. The van der Waals surface area contributed by atoms with Crippen LogP contribution in [0.2, 0.25) is 0 Å². The van der Waals surface area contributed by atoms with Crippen molar-refractivity contribution >= 4 is 11.4 Å². The second-order valence-corrected chi connectivity index (χ2v) is 4.97. The monoisotopic (exact) mass is 219 g/mol. The number of anilines is 2. The molecule has 3 nitrogen and oxygen atoms in total. The van der Waals surface area contributed by atoms with Gasteiger partial charge < -0.3 is 15.5 Å². The molecule has 1 aliphatic heterocycles. The Labute approximate surface area is 97.8 Å². The van der Waals surface area contributed by atoms with Gasteiger partial charge in [0.25, 0.3) is 0 Å². The average molecular weight is 219 g/mol. The van der Waals surface area contributed by atoms with Crippen molar-refractivity contribution in [2.24, 2.45) is 0 Å². The molecule has 0 amide bonds. The van der Waals surface area contributed by atoms with Crippen molar-refractivity contribution < 1.29 is 0 Å². The molecule has 0 aromatic heterocycles. The fourth-order valence-electron chi connectivity index (χ4n) is 2.31. The number of hydrogen-bond donors (Lipinski definition) is 1. The van der Waals surface area contributed by atoms with E-state index < -0.39 is 0 Å². The number of nitrogen functional groups attached to an aromatic ring is 1. The zero-order chi connectivity index (χ0) is 11.7. The van der Waals surface area contributed by atoms with Crippen LogP contribution in [0.15, 0.2) is 18.2 Å². The highest BCUT2D eigenvalue weighted by atomic mass is 15.2. The summed E-state index contributed by atoms with van der Waals surface area (Å²) < 4.78 is 0. The Kier molecular flexibility index (Phi) is 3.06. The molecular formula is C13H21N3. The number of nitrogens with two attached hydrogens (primary N) is 1. The molecule has 16 heavy (non-hydrogen) atoms. The summed E-state index contributed by atoms with van der Waals surface area (Å²) in [6.45, 7) is 5.56. The smallest absolute Gasteiger partial charge is 0.0423 e. The SMILES string of the molecule is CC1CN(CCN(C)C)c2cc(N)ccc21. The molecule has 1 aromatic rings. The second-order valence-electron chi connectivity index (χ2n) is 4.97. The van der Waals surface area contributed by atoms with Gasteiger partial charge in [-0.15, -0.1) is 0 Å². The van der Waals surface area contributed by atoms with Gasteiger partial charge in [0, 0.05) is 36.9 Å².